The van der Waals surface area contributed by atoms with E-state index in [0.29, 0.717) is 0 Å². The minimum atomic E-state index is -1.05. The average Bonchev–Trinajstić information content (AvgIpc) is 2.97. The van der Waals surface area contributed by atoms with Gasteiger partial charge in [0.1, 0.15) is 18.8 Å². The lowest BCUT2D eigenvalue weighted by Gasteiger charge is -2.25. The van der Waals surface area contributed by atoms with Crippen LogP contribution in [0.25, 0.3) is 0 Å². The number of rotatable bonds is 5. The Morgan fingerprint density at radius 3 is 2.89 bits per heavy atom. The molecule has 1 fully saturated rings. The van der Waals surface area contributed by atoms with Crippen molar-refractivity contribution >= 4 is 17.8 Å². The highest BCUT2D eigenvalue weighted by molar-refractivity contribution is 5.82. The Morgan fingerprint density at radius 2 is 2.21 bits per heavy atom. The monoisotopic (exact) mass is 395 g/mol. The van der Waals surface area contributed by atoms with Crippen molar-refractivity contribution in [2.24, 2.45) is 5.92 Å². The number of carbonyl (C=O) groups excluding carboxylic acids is 2. The van der Waals surface area contributed by atoms with Crippen molar-refractivity contribution in [3.8, 4) is 0 Å². The molecule has 0 aromatic carbocycles. The van der Waals surface area contributed by atoms with E-state index in [1.165, 1.54) is 24.4 Å². The number of anilines is 1. The number of aromatic nitrogens is 2. The Bertz CT molecular complexity index is 821. The summed E-state index contributed by atoms with van der Waals surface area (Å²) in [5.41, 5.74) is 1.04. The first-order chi connectivity index (χ1) is 13.4. The third-order valence-corrected chi connectivity index (χ3v) is 4.26. The van der Waals surface area contributed by atoms with E-state index in [0.717, 1.165) is 4.57 Å². The van der Waals surface area contributed by atoms with Crippen molar-refractivity contribution in [3.05, 3.63) is 34.9 Å². The second-order valence-corrected chi connectivity index (χ2v) is 6.57. The lowest BCUT2D eigenvalue weighted by atomic mass is 10.1. The average molecular weight is 395 g/mol. The Labute approximate surface area is 159 Å². The summed E-state index contributed by atoms with van der Waals surface area (Å²) >= 11 is 0. The van der Waals surface area contributed by atoms with Crippen molar-refractivity contribution in [3.63, 3.8) is 0 Å². The van der Waals surface area contributed by atoms with Crippen molar-refractivity contribution in [1.82, 2.24) is 9.55 Å². The minimum Gasteiger partial charge on any atom is -0.463 e. The molecule has 1 saturated heterocycles. The van der Waals surface area contributed by atoms with E-state index in [2.05, 4.69) is 4.98 Å². The number of fused-ring (bicyclic) bond motifs is 1. The normalized spacial score (nSPS) is 28.1. The van der Waals surface area contributed by atoms with E-state index in [9.17, 15) is 14.4 Å². The van der Waals surface area contributed by atoms with Crippen LogP contribution in [0.2, 0.25) is 0 Å². The molecule has 1 aromatic heterocycles. The van der Waals surface area contributed by atoms with Crippen molar-refractivity contribution in [2.45, 2.75) is 38.4 Å². The molecule has 0 radical (unpaired) electrons. The molecule has 2 aliphatic heterocycles. The first-order valence-corrected chi connectivity index (χ1v) is 8.71. The van der Waals surface area contributed by atoms with E-state index in [1.807, 2.05) is 0 Å². The summed E-state index contributed by atoms with van der Waals surface area (Å²) in [7, 11) is 0. The topological polar surface area (TPSA) is 138 Å². The SMILES string of the molecule is CC(C)C(=O)OC[C@H]1O[C@@H](n2ccc(NO)nc2=O)[C@@H]2OC(=O)/C=C\CO[C@@H]21. The van der Waals surface area contributed by atoms with Gasteiger partial charge in [0.2, 0.25) is 0 Å². The van der Waals surface area contributed by atoms with Crippen LogP contribution in [0.4, 0.5) is 5.82 Å². The molecule has 3 rings (SSSR count). The van der Waals surface area contributed by atoms with Crippen LogP contribution in [-0.2, 0) is 28.5 Å². The summed E-state index contributed by atoms with van der Waals surface area (Å²) in [5, 5.41) is 8.88. The Balaban J connectivity index is 1.88. The predicted octanol–water partition coefficient (Wildman–Crippen LogP) is 0.00780. The summed E-state index contributed by atoms with van der Waals surface area (Å²) in [6.07, 6.45) is 0.516. The van der Waals surface area contributed by atoms with Crippen LogP contribution < -0.4 is 11.2 Å². The summed E-state index contributed by atoms with van der Waals surface area (Å²) in [5.74, 6) is -1.39. The van der Waals surface area contributed by atoms with Crippen molar-refractivity contribution in [2.75, 3.05) is 18.7 Å². The summed E-state index contributed by atoms with van der Waals surface area (Å²) in [6, 6.07) is 1.34. The molecule has 0 unspecified atom stereocenters. The number of ether oxygens (including phenoxy) is 4. The van der Waals surface area contributed by atoms with Gasteiger partial charge in [-0.1, -0.05) is 19.9 Å². The van der Waals surface area contributed by atoms with Crippen LogP contribution in [0, 0.1) is 5.92 Å². The summed E-state index contributed by atoms with van der Waals surface area (Å²) in [4.78, 5) is 39.7. The zero-order valence-electron chi connectivity index (χ0n) is 15.3. The Hall–Kier alpha value is -2.76. The maximum Gasteiger partial charge on any atom is 0.351 e. The maximum absolute atomic E-state index is 12.3. The molecule has 2 aliphatic rings. The number of hydrogen-bond donors (Lipinski definition) is 2. The summed E-state index contributed by atoms with van der Waals surface area (Å²) < 4.78 is 23.4. The second-order valence-electron chi connectivity index (χ2n) is 6.57. The Morgan fingerprint density at radius 1 is 1.43 bits per heavy atom. The fourth-order valence-electron chi connectivity index (χ4n) is 2.88. The first-order valence-electron chi connectivity index (χ1n) is 8.71. The van der Waals surface area contributed by atoms with E-state index in [1.54, 1.807) is 19.3 Å². The highest BCUT2D eigenvalue weighted by atomic mass is 16.6. The van der Waals surface area contributed by atoms with Gasteiger partial charge in [-0.05, 0) is 6.07 Å². The molecule has 0 saturated carbocycles. The second kappa shape index (κ2) is 8.50. The zero-order valence-corrected chi connectivity index (χ0v) is 15.3. The molecule has 3 heterocycles. The van der Waals surface area contributed by atoms with Crippen LogP contribution in [0.15, 0.2) is 29.2 Å². The van der Waals surface area contributed by atoms with Gasteiger partial charge in [0, 0.05) is 12.3 Å². The molecule has 0 spiro atoms. The van der Waals surface area contributed by atoms with Gasteiger partial charge >= 0.3 is 17.6 Å². The van der Waals surface area contributed by atoms with Gasteiger partial charge < -0.3 is 18.9 Å². The first kappa shape index (κ1) is 20.0. The van der Waals surface area contributed by atoms with Crippen LogP contribution in [0.3, 0.4) is 0 Å². The lowest BCUT2D eigenvalue weighted by molar-refractivity contribution is -0.156. The van der Waals surface area contributed by atoms with Crippen molar-refractivity contribution < 1.29 is 33.7 Å². The van der Waals surface area contributed by atoms with E-state index in [-0.39, 0.29) is 24.9 Å². The molecule has 1 aromatic rings. The smallest absolute Gasteiger partial charge is 0.351 e. The van der Waals surface area contributed by atoms with Gasteiger partial charge in [-0.2, -0.15) is 4.98 Å². The fraction of sp³-hybridized carbons (Fsp3) is 0.529. The van der Waals surface area contributed by atoms with Gasteiger partial charge in [0.05, 0.1) is 12.5 Å². The third kappa shape index (κ3) is 4.21. The van der Waals surface area contributed by atoms with Crippen LogP contribution in [0.5, 0.6) is 0 Å². The minimum absolute atomic E-state index is 0.0490. The van der Waals surface area contributed by atoms with Gasteiger partial charge in [0.15, 0.2) is 18.1 Å². The van der Waals surface area contributed by atoms with Crippen molar-refractivity contribution in [1.29, 1.82) is 0 Å². The maximum atomic E-state index is 12.3. The predicted molar refractivity (Wildman–Crippen MR) is 92.4 cm³/mol. The Kier molecular flexibility index (Phi) is 6.07. The van der Waals surface area contributed by atoms with E-state index in [4.69, 9.17) is 24.2 Å². The van der Waals surface area contributed by atoms with Gasteiger partial charge in [-0.15, -0.1) is 0 Å². The summed E-state index contributed by atoms with van der Waals surface area (Å²) in [6.45, 7) is 3.39. The van der Waals surface area contributed by atoms with Gasteiger partial charge in [-0.25, -0.2) is 9.59 Å². The fourth-order valence-corrected chi connectivity index (χ4v) is 2.88. The highest BCUT2D eigenvalue weighted by Gasteiger charge is 2.50. The van der Waals surface area contributed by atoms with Gasteiger partial charge in [0.25, 0.3) is 0 Å². The van der Waals surface area contributed by atoms with Crippen LogP contribution in [-0.4, -0.2) is 58.2 Å². The van der Waals surface area contributed by atoms with Crippen LogP contribution in [0.1, 0.15) is 20.1 Å². The van der Waals surface area contributed by atoms with E-state index >= 15 is 0 Å². The molecule has 0 bridgehead atoms. The molecule has 152 valence electrons. The molecule has 11 nitrogen and oxygen atoms in total. The molecule has 0 aliphatic carbocycles. The third-order valence-electron chi connectivity index (χ3n) is 4.26. The standard InChI is InChI=1S/C17H21N3O8/c1-9(2)16(22)26-8-10-13-14(28-12(21)4-3-7-25-13)15(27-10)20-6-5-11(19-24)18-17(20)23/h3-6,9-10,13-15,24H,7-8H2,1-2H3,(H,18,19,23)/b4-3-/t10-,13-,14-,15-/m1/s1. The largest absolute Gasteiger partial charge is 0.463 e. The number of carbonyl (C=O) groups is 2. The molecular weight excluding hydrogens is 374 g/mol. The zero-order chi connectivity index (χ0) is 20.3. The molecule has 28 heavy (non-hydrogen) atoms. The lowest BCUT2D eigenvalue weighted by Crippen LogP contribution is -2.42. The van der Waals surface area contributed by atoms with Gasteiger partial charge in [-0.3, -0.25) is 20.0 Å². The molecule has 0 amide bonds. The number of nitrogens with zero attached hydrogens (tertiary/aromatic N) is 2. The number of hydrogen-bond acceptors (Lipinski definition) is 10. The van der Waals surface area contributed by atoms with E-state index < -0.39 is 42.2 Å². The molecular formula is C17H21N3O8. The molecule has 2 N–H and O–H groups in total. The number of esters is 2. The molecule has 4 atom stereocenters. The van der Waals surface area contributed by atoms with Crippen LogP contribution >= 0.6 is 0 Å². The molecule has 11 heteroatoms. The quantitative estimate of drug-likeness (QED) is 0.518. The highest BCUT2D eigenvalue weighted by Crippen LogP contribution is 2.34. The number of nitrogens with one attached hydrogen (secondary N) is 1.